The number of anilines is 1. The van der Waals surface area contributed by atoms with Gasteiger partial charge < -0.3 is 10.4 Å². The summed E-state index contributed by atoms with van der Waals surface area (Å²) < 4.78 is 0. The Morgan fingerprint density at radius 1 is 1.19 bits per heavy atom. The van der Waals surface area contributed by atoms with Crippen LogP contribution in [0.3, 0.4) is 0 Å². The second-order valence-electron chi connectivity index (χ2n) is 4.64. The second-order valence-corrected chi connectivity index (χ2v) is 5.05. The summed E-state index contributed by atoms with van der Waals surface area (Å²) in [6.07, 6.45) is 3.05. The standard InChI is InChI=1S/C15H15ClN2O3/c16-11-7-8-12(10-4-3-9-17-15(10)11)18-13(19)5-1-2-6-14(20)21/h3-4,7-9H,1-2,5-6H2,(H,18,19)(H,20,21). The van der Waals surface area contributed by atoms with Gasteiger partial charge in [-0.25, -0.2) is 0 Å². The van der Waals surface area contributed by atoms with Crippen LogP contribution in [0.5, 0.6) is 0 Å². The molecule has 2 N–H and O–H groups in total. The molecule has 1 heterocycles. The highest BCUT2D eigenvalue weighted by molar-refractivity contribution is 6.35. The van der Waals surface area contributed by atoms with Gasteiger partial charge in [0.25, 0.3) is 0 Å². The Kier molecular flexibility index (Phi) is 5.11. The molecule has 6 heteroatoms. The number of hydrogen-bond donors (Lipinski definition) is 2. The van der Waals surface area contributed by atoms with Gasteiger partial charge in [0.2, 0.25) is 5.91 Å². The molecule has 0 aliphatic heterocycles. The first-order valence-electron chi connectivity index (χ1n) is 6.63. The zero-order valence-electron chi connectivity index (χ0n) is 11.3. The molecule has 0 saturated carbocycles. The third kappa shape index (κ3) is 4.16. The lowest BCUT2D eigenvalue weighted by molar-refractivity contribution is -0.137. The largest absolute Gasteiger partial charge is 0.481 e. The van der Waals surface area contributed by atoms with Crippen LogP contribution in [0.1, 0.15) is 25.7 Å². The molecule has 0 atom stereocenters. The minimum absolute atomic E-state index is 0.0844. The highest BCUT2D eigenvalue weighted by atomic mass is 35.5. The Labute approximate surface area is 126 Å². The summed E-state index contributed by atoms with van der Waals surface area (Å²) in [5, 5.41) is 12.7. The Morgan fingerprint density at radius 2 is 1.95 bits per heavy atom. The van der Waals surface area contributed by atoms with Crippen LogP contribution in [0.25, 0.3) is 10.9 Å². The van der Waals surface area contributed by atoms with Crippen molar-refractivity contribution in [2.45, 2.75) is 25.7 Å². The zero-order valence-corrected chi connectivity index (χ0v) is 12.1. The van der Waals surface area contributed by atoms with E-state index < -0.39 is 5.97 Å². The maximum Gasteiger partial charge on any atom is 0.303 e. The quantitative estimate of drug-likeness (QED) is 0.801. The summed E-state index contributed by atoms with van der Waals surface area (Å²) in [4.78, 5) is 26.5. The van der Waals surface area contributed by atoms with E-state index in [1.807, 2.05) is 6.07 Å². The van der Waals surface area contributed by atoms with Crippen molar-refractivity contribution < 1.29 is 14.7 Å². The van der Waals surface area contributed by atoms with Crippen LogP contribution in [0.15, 0.2) is 30.5 Å². The van der Waals surface area contributed by atoms with Gasteiger partial charge >= 0.3 is 5.97 Å². The molecule has 0 saturated heterocycles. The van der Waals surface area contributed by atoms with Crippen molar-refractivity contribution in [3.63, 3.8) is 0 Å². The van der Waals surface area contributed by atoms with E-state index in [-0.39, 0.29) is 18.7 Å². The Morgan fingerprint density at radius 3 is 2.71 bits per heavy atom. The first kappa shape index (κ1) is 15.3. The fourth-order valence-corrected chi connectivity index (χ4v) is 2.24. The predicted octanol–water partition coefficient (Wildman–Crippen LogP) is 3.47. The number of unbranched alkanes of at least 4 members (excludes halogenated alkanes) is 1. The first-order chi connectivity index (χ1) is 10.1. The summed E-state index contributed by atoms with van der Waals surface area (Å²) in [6, 6.07) is 7.05. The van der Waals surface area contributed by atoms with E-state index in [0.717, 1.165) is 5.39 Å². The predicted molar refractivity (Wildman–Crippen MR) is 81.5 cm³/mol. The van der Waals surface area contributed by atoms with Crippen molar-refractivity contribution >= 4 is 40.1 Å². The van der Waals surface area contributed by atoms with Crippen LogP contribution in [-0.4, -0.2) is 22.0 Å². The molecule has 0 unspecified atom stereocenters. The van der Waals surface area contributed by atoms with Gasteiger partial charge in [-0.2, -0.15) is 0 Å². The normalized spacial score (nSPS) is 10.5. The summed E-state index contributed by atoms with van der Waals surface area (Å²) in [6.45, 7) is 0. The molecule has 1 aromatic carbocycles. The molecular weight excluding hydrogens is 292 g/mol. The number of carbonyl (C=O) groups is 2. The number of pyridine rings is 1. The van der Waals surface area contributed by atoms with E-state index in [0.29, 0.717) is 29.1 Å². The molecule has 0 radical (unpaired) electrons. The number of aliphatic carboxylic acids is 1. The van der Waals surface area contributed by atoms with Gasteiger partial charge in [0.15, 0.2) is 0 Å². The van der Waals surface area contributed by atoms with Crippen LogP contribution >= 0.6 is 11.6 Å². The third-order valence-corrected chi connectivity index (χ3v) is 3.34. The van der Waals surface area contributed by atoms with E-state index >= 15 is 0 Å². The molecule has 0 fully saturated rings. The molecule has 0 aliphatic carbocycles. The van der Waals surface area contributed by atoms with E-state index in [4.69, 9.17) is 16.7 Å². The van der Waals surface area contributed by atoms with Crippen LogP contribution in [-0.2, 0) is 9.59 Å². The number of benzene rings is 1. The molecule has 5 nitrogen and oxygen atoms in total. The number of rotatable bonds is 6. The van der Waals surface area contributed by atoms with Gasteiger partial charge in [-0.05, 0) is 37.1 Å². The van der Waals surface area contributed by atoms with Crippen molar-refractivity contribution in [1.29, 1.82) is 0 Å². The average molecular weight is 307 g/mol. The van der Waals surface area contributed by atoms with Gasteiger partial charge in [0.05, 0.1) is 16.2 Å². The summed E-state index contributed by atoms with van der Waals surface area (Å²) in [7, 11) is 0. The lowest BCUT2D eigenvalue weighted by Crippen LogP contribution is -2.11. The van der Waals surface area contributed by atoms with Gasteiger partial charge in [-0.15, -0.1) is 0 Å². The van der Waals surface area contributed by atoms with Gasteiger partial charge in [0.1, 0.15) is 0 Å². The minimum Gasteiger partial charge on any atom is -0.481 e. The molecule has 110 valence electrons. The van der Waals surface area contributed by atoms with Crippen molar-refractivity contribution in [2.75, 3.05) is 5.32 Å². The molecular formula is C15H15ClN2O3. The monoisotopic (exact) mass is 306 g/mol. The fraction of sp³-hybridized carbons (Fsp3) is 0.267. The van der Waals surface area contributed by atoms with Crippen molar-refractivity contribution in [2.24, 2.45) is 0 Å². The van der Waals surface area contributed by atoms with E-state index in [2.05, 4.69) is 10.3 Å². The fourth-order valence-electron chi connectivity index (χ4n) is 2.02. The number of nitrogens with zero attached hydrogens (tertiary/aromatic N) is 1. The molecule has 1 amide bonds. The number of fused-ring (bicyclic) bond motifs is 1. The van der Waals surface area contributed by atoms with E-state index in [1.54, 1.807) is 24.4 Å². The van der Waals surface area contributed by atoms with Gasteiger partial charge in [-0.3, -0.25) is 14.6 Å². The van der Waals surface area contributed by atoms with Gasteiger partial charge in [-0.1, -0.05) is 11.6 Å². The van der Waals surface area contributed by atoms with Crippen molar-refractivity contribution in [3.05, 3.63) is 35.5 Å². The molecule has 1 aromatic heterocycles. The Hall–Kier alpha value is -2.14. The number of carboxylic acids is 1. The summed E-state index contributed by atoms with van der Waals surface area (Å²) in [5.74, 6) is -0.988. The molecule has 2 rings (SSSR count). The van der Waals surface area contributed by atoms with E-state index in [1.165, 1.54) is 0 Å². The first-order valence-corrected chi connectivity index (χ1v) is 7.00. The Bertz CT molecular complexity index is 673. The number of nitrogens with one attached hydrogen (secondary N) is 1. The molecule has 0 aliphatic rings. The SMILES string of the molecule is O=C(O)CCCCC(=O)Nc1ccc(Cl)c2ncccc12. The number of amides is 1. The topological polar surface area (TPSA) is 79.3 Å². The van der Waals surface area contributed by atoms with Crippen molar-refractivity contribution in [3.8, 4) is 0 Å². The molecule has 2 aromatic rings. The van der Waals surface area contributed by atoms with Crippen LogP contribution in [0.4, 0.5) is 5.69 Å². The maximum atomic E-state index is 11.9. The number of carbonyl (C=O) groups excluding carboxylic acids is 1. The number of halogens is 1. The zero-order chi connectivity index (χ0) is 15.2. The third-order valence-electron chi connectivity index (χ3n) is 3.04. The smallest absolute Gasteiger partial charge is 0.303 e. The lowest BCUT2D eigenvalue weighted by Gasteiger charge is -2.09. The molecule has 21 heavy (non-hydrogen) atoms. The summed E-state index contributed by atoms with van der Waals surface area (Å²) in [5.41, 5.74) is 1.30. The second kappa shape index (κ2) is 7.04. The van der Waals surface area contributed by atoms with E-state index in [9.17, 15) is 9.59 Å². The molecule has 0 bridgehead atoms. The van der Waals surface area contributed by atoms with Crippen LogP contribution < -0.4 is 5.32 Å². The van der Waals surface area contributed by atoms with Crippen molar-refractivity contribution in [1.82, 2.24) is 4.98 Å². The summed E-state index contributed by atoms with van der Waals surface area (Å²) >= 11 is 6.07. The van der Waals surface area contributed by atoms with Crippen LogP contribution in [0, 0.1) is 0 Å². The number of hydrogen-bond acceptors (Lipinski definition) is 3. The highest BCUT2D eigenvalue weighted by Gasteiger charge is 2.09. The molecule has 0 spiro atoms. The number of carboxylic acid groups (broad SMARTS) is 1. The Balaban J connectivity index is 2.01. The average Bonchev–Trinajstić information content (AvgIpc) is 2.47. The lowest BCUT2D eigenvalue weighted by atomic mass is 10.1. The number of aromatic nitrogens is 1. The van der Waals surface area contributed by atoms with Crippen LogP contribution in [0.2, 0.25) is 5.02 Å². The highest BCUT2D eigenvalue weighted by Crippen LogP contribution is 2.28. The van der Waals surface area contributed by atoms with Gasteiger partial charge in [0, 0.05) is 24.4 Å². The minimum atomic E-state index is -0.842. The maximum absolute atomic E-state index is 11.9.